The normalized spacial score (nSPS) is 25.8. The number of halogens is 1. The Morgan fingerprint density at radius 2 is 2.00 bits per heavy atom. The minimum atomic E-state index is -0.0393. The highest BCUT2D eigenvalue weighted by Gasteiger charge is 2.42. The van der Waals surface area contributed by atoms with Crippen LogP contribution >= 0.6 is 24.0 Å². The van der Waals surface area contributed by atoms with E-state index in [9.17, 15) is 0 Å². The molecule has 0 aromatic rings. The van der Waals surface area contributed by atoms with Crippen LogP contribution in [0.15, 0.2) is 4.99 Å². The van der Waals surface area contributed by atoms with E-state index in [1.165, 1.54) is 12.8 Å². The molecule has 1 unspecified atom stereocenters. The summed E-state index contributed by atoms with van der Waals surface area (Å²) in [5.41, 5.74) is 0.355. The molecule has 5 nitrogen and oxygen atoms in total. The average Bonchev–Trinajstić information content (AvgIpc) is 3.15. The average molecular weight is 439 g/mol. The molecule has 1 atom stereocenters. The molecule has 2 rings (SSSR count). The topological polar surface area (TPSA) is 54.9 Å². The third-order valence-electron chi connectivity index (χ3n) is 4.79. The molecule has 2 aliphatic rings. The third kappa shape index (κ3) is 7.13. The second kappa shape index (κ2) is 10.0. The predicted molar refractivity (Wildman–Crippen MR) is 106 cm³/mol. The number of aliphatic imine (C=N–C) groups is 1. The summed E-state index contributed by atoms with van der Waals surface area (Å²) in [5, 5.41) is 6.80. The van der Waals surface area contributed by atoms with E-state index in [1.54, 1.807) is 0 Å². The summed E-state index contributed by atoms with van der Waals surface area (Å²) >= 11 is 0. The summed E-state index contributed by atoms with van der Waals surface area (Å²) in [6.07, 6.45) is 5.97. The van der Waals surface area contributed by atoms with Gasteiger partial charge < -0.3 is 20.1 Å². The van der Waals surface area contributed by atoms with Crippen LogP contribution in [0.4, 0.5) is 0 Å². The molecule has 2 fully saturated rings. The van der Waals surface area contributed by atoms with Gasteiger partial charge in [-0.2, -0.15) is 0 Å². The van der Waals surface area contributed by atoms with Crippen LogP contribution in [0.2, 0.25) is 0 Å². The van der Waals surface area contributed by atoms with E-state index in [4.69, 9.17) is 14.5 Å². The van der Waals surface area contributed by atoms with Gasteiger partial charge in [-0.3, -0.25) is 4.99 Å². The third-order valence-corrected chi connectivity index (χ3v) is 4.79. The van der Waals surface area contributed by atoms with Gasteiger partial charge in [0.2, 0.25) is 0 Å². The number of nitrogens with one attached hydrogen (secondary N) is 2. The number of rotatable bonds is 9. The molecule has 0 aromatic carbocycles. The number of hydrogen-bond donors (Lipinski definition) is 2. The van der Waals surface area contributed by atoms with Crippen LogP contribution in [0.5, 0.6) is 0 Å². The van der Waals surface area contributed by atoms with Gasteiger partial charge in [0.25, 0.3) is 0 Å². The van der Waals surface area contributed by atoms with E-state index in [0.29, 0.717) is 5.41 Å². The highest BCUT2D eigenvalue weighted by Crippen LogP contribution is 2.49. The van der Waals surface area contributed by atoms with Crippen molar-refractivity contribution in [3.63, 3.8) is 0 Å². The zero-order valence-corrected chi connectivity index (χ0v) is 17.3. The van der Waals surface area contributed by atoms with Gasteiger partial charge in [-0.15, -0.1) is 24.0 Å². The first-order chi connectivity index (χ1) is 10.6. The zero-order chi connectivity index (χ0) is 15.9. The predicted octanol–water partition coefficient (Wildman–Crippen LogP) is 2.94. The summed E-state index contributed by atoms with van der Waals surface area (Å²) in [6, 6.07) is 0. The SMILES string of the molecule is CCNC(=NCC1(CCOCC)CC1)NCC1(C)CCCO1.I. The van der Waals surface area contributed by atoms with Crippen LogP contribution < -0.4 is 10.6 Å². The van der Waals surface area contributed by atoms with E-state index in [0.717, 1.165) is 64.7 Å². The Hall–Kier alpha value is -0.0800. The summed E-state index contributed by atoms with van der Waals surface area (Å²) in [5.74, 6) is 0.918. The highest BCUT2D eigenvalue weighted by atomic mass is 127. The molecular formula is C17H34IN3O2. The summed E-state index contributed by atoms with van der Waals surface area (Å²) in [4.78, 5) is 4.80. The van der Waals surface area contributed by atoms with Gasteiger partial charge in [0.05, 0.1) is 5.60 Å². The van der Waals surface area contributed by atoms with Gasteiger partial charge in [0.1, 0.15) is 0 Å². The van der Waals surface area contributed by atoms with Crippen LogP contribution in [0, 0.1) is 5.41 Å². The van der Waals surface area contributed by atoms with Gasteiger partial charge in [-0.25, -0.2) is 0 Å². The van der Waals surface area contributed by atoms with Crippen LogP contribution in [0.1, 0.15) is 52.9 Å². The summed E-state index contributed by atoms with van der Waals surface area (Å²) in [6.45, 7) is 11.5. The van der Waals surface area contributed by atoms with Crippen LogP contribution in [0.3, 0.4) is 0 Å². The van der Waals surface area contributed by atoms with Crippen molar-refractivity contribution < 1.29 is 9.47 Å². The van der Waals surface area contributed by atoms with E-state index in [1.807, 2.05) is 0 Å². The monoisotopic (exact) mass is 439 g/mol. The van der Waals surface area contributed by atoms with E-state index >= 15 is 0 Å². The van der Waals surface area contributed by atoms with Gasteiger partial charge in [-0.1, -0.05) is 0 Å². The van der Waals surface area contributed by atoms with Crippen molar-refractivity contribution in [3.05, 3.63) is 0 Å². The quantitative estimate of drug-likeness (QED) is 0.251. The van der Waals surface area contributed by atoms with Gasteiger partial charge >= 0.3 is 0 Å². The van der Waals surface area contributed by atoms with Gasteiger partial charge in [0, 0.05) is 39.5 Å². The molecule has 1 aliphatic carbocycles. The van der Waals surface area contributed by atoms with Crippen molar-refractivity contribution >= 4 is 29.9 Å². The molecule has 136 valence electrons. The Morgan fingerprint density at radius 3 is 2.57 bits per heavy atom. The second-order valence-corrected chi connectivity index (χ2v) is 6.90. The minimum absolute atomic E-state index is 0. The van der Waals surface area contributed by atoms with Crippen LogP contribution in [0.25, 0.3) is 0 Å². The molecule has 23 heavy (non-hydrogen) atoms. The van der Waals surface area contributed by atoms with E-state index < -0.39 is 0 Å². The highest BCUT2D eigenvalue weighted by molar-refractivity contribution is 14.0. The fourth-order valence-electron chi connectivity index (χ4n) is 2.93. The first-order valence-corrected chi connectivity index (χ1v) is 8.85. The van der Waals surface area contributed by atoms with Crippen molar-refractivity contribution in [1.82, 2.24) is 10.6 Å². The Kier molecular flexibility index (Phi) is 9.15. The smallest absolute Gasteiger partial charge is 0.191 e. The van der Waals surface area contributed by atoms with Crippen molar-refractivity contribution in [1.29, 1.82) is 0 Å². The molecular weight excluding hydrogens is 405 g/mol. The first kappa shape index (κ1) is 21.0. The minimum Gasteiger partial charge on any atom is -0.382 e. The lowest BCUT2D eigenvalue weighted by Gasteiger charge is -2.25. The second-order valence-electron chi connectivity index (χ2n) is 6.90. The Bertz CT molecular complexity index is 367. The molecule has 6 heteroatoms. The van der Waals surface area contributed by atoms with Gasteiger partial charge in [0.15, 0.2) is 5.96 Å². The fourth-order valence-corrected chi connectivity index (χ4v) is 2.93. The van der Waals surface area contributed by atoms with Crippen LogP contribution in [-0.2, 0) is 9.47 Å². The van der Waals surface area contributed by atoms with E-state index in [-0.39, 0.29) is 29.6 Å². The fraction of sp³-hybridized carbons (Fsp3) is 0.941. The Morgan fingerprint density at radius 1 is 1.22 bits per heavy atom. The molecule has 2 N–H and O–H groups in total. The molecule has 1 saturated carbocycles. The maximum absolute atomic E-state index is 5.83. The number of nitrogens with zero attached hydrogens (tertiary/aromatic N) is 1. The maximum atomic E-state index is 5.83. The summed E-state index contributed by atoms with van der Waals surface area (Å²) in [7, 11) is 0. The Labute approximate surface area is 158 Å². The molecule has 1 heterocycles. The van der Waals surface area contributed by atoms with Crippen molar-refractivity contribution in [2.75, 3.05) is 39.5 Å². The number of ether oxygens (including phenoxy) is 2. The summed E-state index contributed by atoms with van der Waals surface area (Å²) < 4.78 is 11.3. The first-order valence-electron chi connectivity index (χ1n) is 8.85. The molecule has 0 amide bonds. The maximum Gasteiger partial charge on any atom is 0.191 e. The molecule has 0 aromatic heterocycles. The lowest BCUT2D eigenvalue weighted by Crippen LogP contribution is -2.45. The molecule has 1 saturated heterocycles. The number of hydrogen-bond acceptors (Lipinski definition) is 3. The zero-order valence-electron chi connectivity index (χ0n) is 15.0. The largest absolute Gasteiger partial charge is 0.382 e. The molecule has 1 aliphatic heterocycles. The standard InChI is InChI=1S/C17H33N3O2.HI/c1-4-18-15(19-13-16(3)7-6-11-22-16)20-14-17(8-9-17)10-12-21-5-2;/h4-14H2,1-3H3,(H2,18,19,20);1H. The number of guanidine groups is 1. The van der Waals surface area contributed by atoms with E-state index in [2.05, 4.69) is 31.4 Å². The molecule has 0 radical (unpaired) electrons. The lowest BCUT2D eigenvalue weighted by molar-refractivity contribution is 0.0242. The van der Waals surface area contributed by atoms with Crippen molar-refractivity contribution in [2.45, 2.75) is 58.5 Å². The molecule has 0 spiro atoms. The van der Waals surface area contributed by atoms with Crippen LogP contribution in [-0.4, -0.2) is 51.0 Å². The van der Waals surface area contributed by atoms with Gasteiger partial charge in [-0.05, 0) is 58.3 Å². The van der Waals surface area contributed by atoms with Crippen molar-refractivity contribution in [2.24, 2.45) is 10.4 Å². The molecule has 0 bridgehead atoms. The lowest BCUT2D eigenvalue weighted by atomic mass is 10.0. The Balaban J connectivity index is 0.00000264. The van der Waals surface area contributed by atoms with Crippen molar-refractivity contribution in [3.8, 4) is 0 Å².